The third kappa shape index (κ3) is 0.986. The lowest BCUT2D eigenvalue weighted by molar-refractivity contribution is -0.110. The van der Waals surface area contributed by atoms with E-state index in [1.807, 2.05) is 0 Å². The van der Waals surface area contributed by atoms with Gasteiger partial charge in [-0.15, -0.1) is 0 Å². The monoisotopic (exact) mass is 182 g/mol. The molecule has 2 unspecified atom stereocenters. The Labute approximate surface area is 75.8 Å². The van der Waals surface area contributed by atoms with Gasteiger partial charge in [0.1, 0.15) is 0 Å². The van der Waals surface area contributed by atoms with E-state index in [-0.39, 0.29) is 6.10 Å². The van der Waals surface area contributed by atoms with Gasteiger partial charge in [-0.25, -0.2) is 0 Å². The van der Waals surface area contributed by atoms with Gasteiger partial charge < -0.3 is 14.2 Å². The predicted molar refractivity (Wildman–Crippen MR) is 43.9 cm³/mol. The topological polar surface area (TPSA) is 48.1 Å². The highest BCUT2D eigenvalue weighted by molar-refractivity contribution is 5.74. The van der Waals surface area contributed by atoms with Crippen LogP contribution in [0.25, 0.3) is 0 Å². The number of ether oxygens (including phenoxy) is 3. The molecule has 4 heteroatoms. The maximum absolute atomic E-state index is 10.7. The van der Waals surface area contributed by atoms with Crippen molar-refractivity contribution in [3.8, 4) is 0 Å². The molecule has 4 nitrogen and oxygen atoms in total. The van der Waals surface area contributed by atoms with Crippen LogP contribution in [-0.2, 0) is 19.0 Å². The lowest BCUT2D eigenvalue weighted by Crippen LogP contribution is -2.20. The molecule has 1 aliphatic heterocycles. The van der Waals surface area contributed by atoms with Crippen molar-refractivity contribution in [3.63, 3.8) is 0 Å². The number of aldehydes is 1. The van der Waals surface area contributed by atoms with Crippen LogP contribution in [0.3, 0.4) is 0 Å². The van der Waals surface area contributed by atoms with Gasteiger partial charge in [0.05, 0.1) is 14.2 Å². The van der Waals surface area contributed by atoms with E-state index in [0.29, 0.717) is 11.5 Å². The van der Waals surface area contributed by atoms with Crippen molar-refractivity contribution in [3.05, 3.63) is 23.7 Å². The maximum atomic E-state index is 10.7. The Balaban J connectivity index is 2.32. The summed E-state index contributed by atoms with van der Waals surface area (Å²) in [5, 5.41) is 0. The summed E-state index contributed by atoms with van der Waals surface area (Å²) in [4.78, 5) is 10.7. The lowest BCUT2D eigenvalue weighted by Gasteiger charge is -2.12. The average molecular weight is 182 g/mol. The quantitative estimate of drug-likeness (QED) is 0.468. The highest BCUT2D eigenvalue weighted by Gasteiger charge is 2.60. The summed E-state index contributed by atoms with van der Waals surface area (Å²) in [6.45, 7) is 0. The molecule has 0 aromatic carbocycles. The molecule has 2 atom stereocenters. The van der Waals surface area contributed by atoms with E-state index in [1.54, 1.807) is 19.3 Å². The van der Waals surface area contributed by atoms with Crippen LogP contribution in [0.2, 0.25) is 0 Å². The summed E-state index contributed by atoms with van der Waals surface area (Å²) < 4.78 is 15.4. The smallest absolute Gasteiger partial charge is 0.176 e. The molecule has 1 saturated heterocycles. The molecule has 0 saturated carbocycles. The van der Waals surface area contributed by atoms with Crippen LogP contribution in [0.1, 0.15) is 0 Å². The van der Waals surface area contributed by atoms with E-state index in [0.717, 1.165) is 6.29 Å². The fourth-order valence-electron chi connectivity index (χ4n) is 1.48. The minimum atomic E-state index is -0.784. The second kappa shape index (κ2) is 2.60. The van der Waals surface area contributed by atoms with Gasteiger partial charge in [-0.05, 0) is 12.2 Å². The van der Waals surface area contributed by atoms with Gasteiger partial charge in [-0.1, -0.05) is 0 Å². The Bertz CT molecular complexity index is 305. The summed E-state index contributed by atoms with van der Waals surface area (Å²) in [6.07, 6.45) is 3.86. The summed E-state index contributed by atoms with van der Waals surface area (Å²) in [6, 6.07) is 0. The van der Waals surface area contributed by atoms with Gasteiger partial charge in [0, 0.05) is 0 Å². The number of epoxide rings is 1. The van der Waals surface area contributed by atoms with Crippen molar-refractivity contribution >= 4 is 6.29 Å². The van der Waals surface area contributed by atoms with E-state index in [9.17, 15) is 4.79 Å². The van der Waals surface area contributed by atoms with E-state index >= 15 is 0 Å². The van der Waals surface area contributed by atoms with E-state index < -0.39 is 5.60 Å². The normalized spacial score (nSPS) is 35.4. The highest BCUT2D eigenvalue weighted by atomic mass is 16.6. The van der Waals surface area contributed by atoms with Gasteiger partial charge >= 0.3 is 0 Å². The van der Waals surface area contributed by atoms with Crippen LogP contribution < -0.4 is 0 Å². The minimum Gasteiger partial charge on any atom is -0.494 e. The molecular formula is C9H10O4. The molecule has 0 N–H and O–H groups in total. The Morgan fingerprint density at radius 2 is 2.31 bits per heavy atom. The lowest BCUT2D eigenvalue weighted by atomic mass is 10.00. The molecule has 0 aromatic rings. The van der Waals surface area contributed by atoms with E-state index in [2.05, 4.69) is 0 Å². The number of carbonyl (C=O) groups is 1. The van der Waals surface area contributed by atoms with Crippen LogP contribution in [-0.4, -0.2) is 32.2 Å². The molecule has 1 fully saturated rings. The molecule has 70 valence electrons. The summed E-state index contributed by atoms with van der Waals surface area (Å²) in [7, 11) is 3.08. The third-order valence-electron chi connectivity index (χ3n) is 2.27. The van der Waals surface area contributed by atoms with Crippen molar-refractivity contribution in [2.75, 3.05) is 14.2 Å². The average Bonchev–Trinajstić information content (AvgIpc) is 2.91. The molecular weight excluding hydrogens is 172 g/mol. The Morgan fingerprint density at radius 1 is 1.54 bits per heavy atom. The molecule has 0 spiro atoms. The van der Waals surface area contributed by atoms with Crippen LogP contribution in [0.5, 0.6) is 0 Å². The number of allylic oxidation sites excluding steroid dienone is 1. The fraction of sp³-hybridized carbons (Fsp3) is 0.444. The highest BCUT2D eigenvalue weighted by Crippen LogP contribution is 2.45. The zero-order chi connectivity index (χ0) is 9.47. The largest absolute Gasteiger partial charge is 0.494 e. The van der Waals surface area contributed by atoms with Crippen LogP contribution in [0.4, 0.5) is 0 Å². The predicted octanol–water partition coefficient (Wildman–Crippen LogP) is 0.397. The summed E-state index contributed by atoms with van der Waals surface area (Å²) in [5.41, 5.74) is -0.784. The van der Waals surface area contributed by atoms with Crippen molar-refractivity contribution < 1.29 is 19.0 Å². The zero-order valence-corrected chi connectivity index (χ0v) is 7.44. The first-order valence-electron chi connectivity index (χ1n) is 3.93. The minimum absolute atomic E-state index is 0.296. The molecule has 0 aromatic heterocycles. The molecule has 13 heavy (non-hydrogen) atoms. The molecule has 1 aliphatic carbocycles. The molecule has 0 bridgehead atoms. The van der Waals surface area contributed by atoms with Crippen molar-refractivity contribution in [2.24, 2.45) is 0 Å². The van der Waals surface area contributed by atoms with Crippen molar-refractivity contribution in [1.82, 2.24) is 0 Å². The Kier molecular flexibility index (Phi) is 1.66. The van der Waals surface area contributed by atoms with E-state index in [1.165, 1.54) is 7.11 Å². The Morgan fingerprint density at radius 3 is 2.85 bits per heavy atom. The molecule has 2 rings (SSSR count). The second-order valence-corrected chi connectivity index (χ2v) is 2.94. The number of fused-ring (bicyclic) bond motifs is 1. The van der Waals surface area contributed by atoms with Gasteiger partial charge in [-0.2, -0.15) is 0 Å². The van der Waals surface area contributed by atoms with Crippen LogP contribution in [0, 0.1) is 0 Å². The first kappa shape index (κ1) is 8.31. The fourth-order valence-corrected chi connectivity index (χ4v) is 1.48. The standard InChI is InChI=1S/C9H10O4/c1-11-6-3-4-9(5-10)8(13-9)7(6)12-2/h3-5,8H,1-2H3. The molecule has 1 heterocycles. The number of methoxy groups -OCH3 is 2. The first-order valence-corrected chi connectivity index (χ1v) is 3.93. The molecule has 2 aliphatic rings. The van der Waals surface area contributed by atoms with Crippen LogP contribution in [0.15, 0.2) is 23.7 Å². The number of hydrogen-bond donors (Lipinski definition) is 0. The summed E-state index contributed by atoms with van der Waals surface area (Å²) in [5.74, 6) is 1.19. The Hall–Kier alpha value is -1.29. The zero-order valence-electron chi connectivity index (χ0n) is 7.44. The second-order valence-electron chi connectivity index (χ2n) is 2.94. The number of carbonyl (C=O) groups excluding carboxylic acids is 1. The summed E-state index contributed by atoms with van der Waals surface area (Å²) >= 11 is 0. The van der Waals surface area contributed by atoms with Gasteiger partial charge in [0.2, 0.25) is 0 Å². The van der Waals surface area contributed by atoms with Gasteiger partial charge in [0.15, 0.2) is 29.5 Å². The van der Waals surface area contributed by atoms with Gasteiger partial charge in [0.25, 0.3) is 0 Å². The molecule has 0 radical (unpaired) electrons. The number of hydrogen-bond acceptors (Lipinski definition) is 4. The van der Waals surface area contributed by atoms with Crippen LogP contribution >= 0.6 is 0 Å². The van der Waals surface area contributed by atoms with Gasteiger partial charge in [-0.3, -0.25) is 4.79 Å². The maximum Gasteiger partial charge on any atom is 0.176 e. The third-order valence-corrected chi connectivity index (χ3v) is 2.27. The number of rotatable bonds is 3. The SMILES string of the molecule is COC1=C(OC)C2OC2(C=O)C=C1. The van der Waals surface area contributed by atoms with Crippen molar-refractivity contribution in [2.45, 2.75) is 11.7 Å². The van der Waals surface area contributed by atoms with E-state index in [4.69, 9.17) is 14.2 Å². The first-order chi connectivity index (χ1) is 6.27. The van der Waals surface area contributed by atoms with Crippen molar-refractivity contribution in [1.29, 1.82) is 0 Å². The molecule has 0 amide bonds.